The molecule has 30 heavy (non-hydrogen) atoms. The monoisotopic (exact) mass is 436 g/mol. The number of methoxy groups -OCH3 is 1. The van der Waals surface area contributed by atoms with Gasteiger partial charge in [0.25, 0.3) is 0 Å². The van der Waals surface area contributed by atoms with Gasteiger partial charge in [-0.15, -0.1) is 0 Å². The van der Waals surface area contributed by atoms with Crippen LogP contribution in [0.3, 0.4) is 0 Å². The first kappa shape index (κ1) is 23.2. The molecule has 1 fully saturated rings. The second-order valence-corrected chi connectivity index (χ2v) is 8.76. The van der Waals surface area contributed by atoms with Gasteiger partial charge >= 0.3 is 29.6 Å². The van der Waals surface area contributed by atoms with Crippen molar-refractivity contribution in [3.8, 4) is 11.6 Å². The van der Waals surface area contributed by atoms with Gasteiger partial charge in [0.15, 0.2) is 0 Å². The van der Waals surface area contributed by atoms with Crippen LogP contribution in [0.25, 0.3) is 11.2 Å². The number of aromatic nitrogens is 4. The molecule has 3 aromatic heterocycles. The zero-order valence-corrected chi connectivity index (χ0v) is 20.8. The Hall–Kier alpha value is -1.48. The summed E-state index contributed by atoms with van der Waals surface area (Å²) in [5.74, 6) is 1.55. The quantitative estimate of drug-likeness (QED) is 0.524. The van der Waals surface area contributed by atoms with Crippen LogP contribution in [0.4, 0.5) is 0 Å². The Morgan fingerprint density at radius 2 is 1.97 bits per heavy atom. The average Bonchev–Trinajstić information content (AvgIpc) is 3.13. The van der Waals surface area contributed by atoms with Gasteiger partial charge in [-0.25, -0.2) is 0 Å². The normalized spacial score (nSPS) is 15.6. The average molecular weight is 437 g/mol. The first-order valence-corrected chi connectivity index (χ1v) is 11.2. The van der Waals surface area contributed by atoms with Crippen molar-refractivity contribution in [2.45, 2.75) is 63.0 Å². The van der Waals surface area contributed by atoms with Crippen molar-refractivity contribution < 1.29 is 43.2 Å². The summed E-state index contributed by atoms with van der Waals surface area (Å²) in [7, 11) is 0.180. The molecule has 0 aliphatic heterocycles. The minimum atomic E-state index is -1.43. The maximum atomic E-state index is 12.9. The van der Waals surface area contributed by atoms with Gasteiger partial charge in [0.2, 0.25) is 0 Å². The number of pyridine rings is 2. The zero-order chi connectivity index (χ0) is 20.4. The molecule has 0 saturated heterocycles. The molecule has 0 spiro atoms. The largest absolute Gasteiger partial charge is 1.00 e. The minimum Gasteiger partial charge on any atom is -0.496 e. The maximum Gasteiger partial charge on any atom is 1.00 e. The Labute approximate surface area is 201 Å². The van der Waals surface area contributed by atoms with Crippen LogP contribution in [0, 0.1) is 13.8 Å². The molecule has 0 bridgehead atoms. The number of hydrogen-bond donors (Lipinski definition) is 0. The number of rotatable bonds is 6. The molecule has 9 heteroatoms. The van der Waals surface area contributed by atoms with Crippen molar-refractivity contribution in [2.75, 3.05) is 7.11 Å². The van der Waals surface area contributed by atoms with Crippen molar-refractivity contribution in [1.82, 2.24) is 19.9 Å². The third-order valence-electron chi connectivity index (χ3n) is 5.33. The standard InChI is InChI=1S/C21H25N4O3S.Na/c1-13-11-16-19(24-20(13)28-15-7-5-4-6-8-15)25-21(23-16)29(26)12-17-14(2)18(27-3)9-10-22-17;/h9-11,15H,4-8,12H2,1-3H3;/q-1;+1. The predicted molar refractivity (Wildman–Crippen MR) is 111 cm³/mol. The summed E-state index contributed by atoms with van der Waals surface area (Å²) in [6, 6.07) is 3.69. The summed E-state index contributed by atoms with van der Waals surface area (Å²) >= 11 is 0. The molecule has 3 aromatic rings. The van der Waals surface area contributed by atoms with Gasteiger partial charge in [0.05, 0.1) is 40.6 Å². The summed E-state index contributed by atoms with van der Waals surface area (Å²) in [5.41, 5.74) is 3.61. The SMILES string of the molecule is COc1ccnc(CS(=O)c2nc3cc(C)c(OC4CCCCC4)nc3[n-]2)c1C.[Na+]. The number of hydrogen-bond acceptors (Lipinski definition) is 6. The molecular weight excluding hydrogens is 411 g/mol. The predicted octanol–water partition coefficient (Wildman–Crippen LogP) is 0.631. The molecule has 0 radical (unpaired) electrons. The molecule has 1 aliphatic carbocycles. The Bertz CT molecular complexity index is 1050. The zero-order valence-electron chi connectivity index (χ0n) is 18.0. The number of imidazole rings is 1. The van der Waals surface area contributed by atoms with Crippen molar-refractivity contribution >= 4 is 22.0 Å². The summed E-state index contributed by atoms with van der Waals surface area (Å²) < 4.78 is 24.3. The Morgan fingerprint density at radius 1 is 1.20 bits per heavy atom. The fourth-order valence-corrected chi connectivity index (χ4v) is 4.69. The molecule has 7 nitrogen and oxygen atoms in total. The van der Waals surface area contributed by atoms with Crippen LogP contribution in [0.5, 0.6) is 11.6 Å². The minimum absolute atomic E-state index is 0. The van der Waals surface area contributed by atoms with E-state index in [0.717, 1.165) is 29.7 Å². The molecule has 3 heterocycles. The van der Waals surface area contributed by atoms with Gasteiger partial charge in [-0.1, -0.05) is 6.42 Å². The van der Waals surface area contributed by atoms with Gasteiger partial charge in [-0.05, 0) is 57.2 Å². The van der Waals surface area contributed by atoms with E-state index in [1.165, 1.54) is 19.3 Å². The summed E-state index contributed by atoms with van der Waals surface area (Å²) in [6.07, 6.45) is 7.66. The second-order valence-electron chi connectivity index (χ2n) is 7.41. The molecule has 4 rings (SSSR count). The number of ether oxygens (including phenoxy) is 2. The topological polar surface area (TPSA) is 88.3 Å². The van der Waals surface area contributed by atoms with Gasteiger partial charge < -0.3 is 24.4 Å². The third kappa shape index (κ3) is 5.04. The smallest absolute Gasteiger partial charge is 0.496 e. The molecule has 1 atom stereocenters. The summed E-state index contributed by atoms with van der Waals surface area (Å²) in [4.78, 5) is 17.7. The Kier molecular flexibility index (Phi) is 7.90. The molecule has 1 aliphatic rings. The van der Waals surface area contributed by atoms with E-state index in [2.05, 4.69) is 19.9 Å². The summed E-state index contributed by atoms with van der Waals surface area (Å²) in [5, 5.41) is 0.269. The Balaban J connectivity index is 0.00000256. The van der Waals surface area contributed by atoms with Gasteiger partial charge in [-0.2, -0.15) is 0 Å². The van der Waals surface area contributed by atoms with E-state index in [0.29, 0.717) is 22.7 Å². The molecule has 0 amide bonds. The van der Waals surface area contributed by atoms with E-state index in [-0.39, 0.29) is 46.6 Å². The van der Waals surface area contributed by atoms with E-state index in [9.17, 15) is 4.21 Å². The fraction of sp³-hybridized carbons (Fsp3) is 0.476. The molecular formula is C21H25N4NaO3S. The fourth-order valence-electron chi connectivity index (χ4n) is 3.63. The molecule has 0 aromatic carbocycles. The van der Waals surface area contributed by atoms with Crippen LogP contribution in [-0.2, 0) is 16.6 Å². The Morgan fingerprint density at radius 3 is 2.70 bits per heavy atom. The van der Waals surface area contributed by atoms with Crippen molar-refractivity contribution in [3.63, 3.8) is 0 Å². The number of aryl methyl sites for hydroxylation is 1. The number of nitrogens with zero attached hydrogens (tertiary/aromatic N) is 4. The molecule has 1 unspecified atom stereocenters. The van der Waals surface area contributed by atoms with Crippen molar-refractivity contribution in [3.05, 3.63) is 35.2 Å². The van der Waals surface area contributed by atoms with Crippen LogP contribution >= 0.6 is 0 Å². The van der Waals surface area contributed by atoms with E-state index < -0.39 is 10.8 Å². The van der Waals surface area contributed by atoms with Crippen LogP contribution in [-0.4, -0.2) is 32.4 Å². The summed E-state index contributed by atoms with van der Waals surface area (Å²) in [6.45, 7) is 3.86. The van der Waals surface area contributed by atoms with E-state index in [1.807, 2.05) is 19.9 Å². The first-order chi connectivity index (χ1) is 14.0. The van der Waals surface area contributed by atoms with Crippen molar-refractivity contribution in [1.29, 1.82) is 0 Å². The second kappa shape index (κ2) is 10.2. The van der Waals surface area contributed by atoms with Gasteiger partial charge in [0.1, 0.15) is 11.6 Å². The van der Waals surface area contributed by atoms with E-state index in [1.54, 1.807) is 19.4 Å². The molecule has 0 N–H and O–H groups in total. The maximum absolute atomic E-state index is 12.9. The first-order valence-electron chi connectivity index (χ1n) is 9.90. The van der Waals surface area contributed by atoms with Crippen LogP contribution in [0.2, 0.25) is 0 Å². The van der Waals surface area contributed by atoms with Crippen LogP contribution < -0.4 is 44.0 Å². The number of fused-ring (bicyclic) bond motifs is 1. The van der Waals surface area contributed by atoms with Crippen LogP contribution in [0.1, 0.15) is 48.9 Å². The third-order valence-corrected chi connectivity index (χ3v) is 6.45. The van der Waals surface area contributed by atoms with E-state index in [4.69, 9.17) is 9.47 Å². The van der Waals surface area contributed by atoms with E-state index >= 15 is 0 Å². The van der Waals surface area contributed by atoms with Gasteiger partial charge in [0, 0.05) is 22.9 Å². The van der Waals surface area contributed by atoms with Crippen molar-refractivity contribution in [2.24, 2.45) is 0 Å². The molecule has 1 saturated carbocycles. The van der Waals surface area contributed by atoms with Gasteiger partial charge in [-0.3, -0.25) is 9.19 Å². The van der Waals surface area contributed by atoms with Crippen LogP contribution in [0.15, 0.2) is 23.5 Å². The molecule has 154 valence electrons.